The zero-order valence-corrected chi connectivity index (χ0v) is 19.6. The number of fused-ring (bicyclic) bond motifs is 1. The second-order valence-electron chi connectivity index (χ2n) is 8.96. The molecule has 1 aliphatic carbocycles. The molecule has 1 saturated carbocycles. The van der Waals surface area contributed by atoms with Crippen LogP contribution in [-0.2, 0) is 4.79 Å². The molecule has 0 saturated heterocycles. The number of rotatable bonds is 7. The van der Waals surface area contributed by atoms with E-state index in [1.54, 1.807) is 12.1 Å². The third-order valence-electron chi connectivity index (χ3n) is 6.66. The third-order valence-corrected chi connectivity index (χ3v) is 6.66. The van der Waals surface area contributed by atoms with Crippen LogP contribution in [0, 0.1) is 23.4 Å². The van der Waals surface area contributed by atoms with E-state index in [2.05, 4.69) is 10.3 Å². The van der Waals surface area contributed by atoms with E-state index in [0.29, 0.717) is 36.6 Å². The van der Waals surface area contributed by atoms with Crippen LogP contribution in [0.25, 0.3) is 17.0 Å². The Hall–Kier alpha value is -3.43. The molecule has 0 spiro atoms. The summed E-state index contributed by atoms with van der Waals surface area (Å²) < 4.78 is 46.5. The molecule has 0 bridgehead atoms. The van der Waals surface area contributed by atoms with Gasteiger partial charge in [-0.2, -0.15) is 0 Å². The number of carbonyl (C=O) groups is 1. The first-order chi connectivity index (χ1) is 17.3. The summed E-state index contributed by atoms with van der Waals surface area (Å²) in [5.41, 5.74) is 0.416. The van der Waals surface area contributed by atoms with Crippen molar-refractivity contribution in [2.75, 3.05) is 7.11 Å². The number of pyridine rings is 1. The van der Waals surface area contributed by atoms with Gasteiger partial charge in [0, 0.05) is 35.3 Å². The second-order valence-corrected chi connectivity index (χ2v) is 8.96. The molecule has 4 rings (SSSR count). The predicted molar refractivity (Wildman–Crippen MR) is 129 cm³/mol. The number of benzene rings is 2. The van der Waals surface area contributed by atoms with Crippen molar-refractivity contribution in [1.82, 2.24) is 10.3 Å². The lowest BCUT2D eigenvalue weighted by Crippen LogP contribution is -2.39. The van der Waals surface area contributed by atoms with Crippen molar-refractivity contribution in [3.63, 3.8) is 0 Å². The number of nitrogens with zero attached hydrogens (tertiary/aromatic N) is 1. The lowest BCUT2D eigenvalue weighted by molar-refractivity contribution is -0.117. The van der Waals surface area contributed by atoms with Gasteiger partial charge in [0.2, 0.25) is 5.91 Å². The Morgan fingerprint density at radius 2 is 1.83 bits per heavy atom. The van der Waals surface area contributed by atoms with Crippen LogP contribution < -0.4 is 10.1 Å². The van der Waals surface area contributed by atoms with Gasteiger partial charge in [-0.15, -0.1) is 0 Å². The highest BCUT2D eigenvalue weighted by molar-refractivity contribution is 5.92. The SMILES string of the molecule is COc1cc(F)c2nccc([C@@H](O)[C@H](O)C3CCC(NC(=O)/C=C/c4cc(F)ccc4F)CC3)c2c1. The maximum atomic E-state index is 14.4. The normalized spacial score (nSPS) is 19.8. The van der Waals surface area contributed by atoms with Gasteiger partial charge >= 0.3 is 0 Å². The van der Waals surface area contributed by atoms with Crippen LogP contribution >= 0.6 is 0 Å². The molecule has 9 heteroatoms. The number of nitrogens with one attached hydrogen (secondary N) is 1. The molecule has 0 radical (unpaired) electrons. The highest BCUT2D eigenvalue weighted by Crippen LogP contribution is 2.36. The standard InChI is InChI=1S/C27H27F3N2O4/c1-36-19-13-21-20(10-11-31-25(21)23(30)14-19)27(35)26(34)15-2-6-18(7-3-15)32-24(33)9-4-16-12-17(28)5-8-22(16)29/h4-5,8-15,18,26-27,34-35H,2-3,6-7H2,1H3,(H,32,33)/b9-4+/t15?,18?,26-,27-/m1/s1. The molecule has 1 amide bonds. The minimum atomic E-state index is -1.26. The van der Waals surface area contributed by atoms with E-state index in [-0.39, 0.29) is 28.8 Å². The predicted octanol–water partition coefficient (Wildman–Crippen LogP) is 4.44. The van der Waals surface area contributed by atoms with Crippen molar-refractivity contribution in [3.05, 3.63) is 77.2 Å². The highest BCUT2D eigenvalue weighted by Gasteiger charge is 2.32. The van der Waals surface area contributed by atoms with Crippen LogP contribution in [0.1, 0.15) is 42.9 Å². The number of halogens is 3. The number of methoxy groups -OCH3 is 1. The monoisotopic (exact) mass is 500 g/mol. The van der Waals surface area contributed by atoms with E-state index in [0.717, 1.165) is 24.3 Å². The second kappa shape index (κ2) is 11.1. The molecule has 1 aromatic heterocycles. The average molecular weight is 501 g/mol. The fraction of sp³-hybridized carbons (Fsp3) is 0.333. The van der Waals surface area contributed by atoms with Crippen molar-refractivity contribution >= 4 is 22.9 Å². The number of amides is 1. The van der Waals surface area contributed by atoms with Crippen molar-refractivity contribution in [3.8, 4) is 5.75 Å². The lowest BCUT2D eigenvalue weighted by atomic mass is 9.79. The molecule has 3 N–H and O–H groups in total. The van der Waals surface area contributed by atoms with Gasteiger partial charge in [0.25, 0.3) is 0 Å². The molecule has 2 aromatic carbocycles. The average Bonchev–Trinajstić information content (AvgIpc) is 2.88. The molecule has 0 unspecified atom stereocenters. The summed E-state index contributed by atoms with van der Waals surface area (Å²) >= 11 is 0. The fourth-order valence-corrected chi connectivity index (χ4v) is 4.69. The van der Waals surface area contributed by atoms with Crippen molar-refractivity contribution in [2.24, 2.45) is 5.92 Å². The zero-order chi connectivity index (χ0) is 25.8. The van der Waals surface area contributed by atoms with E-state index < -0.39 is 35.6 Å². The molecule has 1 aliphatic rings. The largest absolute Gasteiger partial charge is 0.497 e. The Balaban J connectivity index is 1.37. The molecule has 1 fully saturated rings. The zero-order valence-electron chi connectivity index (χ0n) is 19.6. The van der Waals surface area contributed by atoms with Gasteiger partial charge in [0.05, 0.1) is 13.2 Å². The molecule has 3 aromatic rings. The van der Waals surface area contributed by atoms with Gasteiger partial charge in [0.1, 0.15) is 29.0 Å². The number of hydrogen-bond donors (Lipinski definition) is 3. The quantitative estimate of drug-likeness (QED) is 0.417. The van der Waals surface area contributed by atoms with Crippen LogP contribution in [0.2, 0.25) is 0 Å². The number of hydrogen-bond acceptors (Lipinski definition) is 5. The molecule has 0 aliphatic heterocycles. The Morgan fingerprint density at radius 3 is 2.56 bits per heavy atom. The summed E-state index contributed by atoms with van der Waals surface area (Å²) in [4.78, 5) is 16.3. The number of aromatic nitrogens is 1. The van der Waals surface area contributed by atoms with Crippen LogP contribution in [0.3, 0.4) is 0 Å². The van der Waals surface area contributed by atoms with Crippen molar-refractivity contribution in [2.45, 2.75) is 43.9 Å². The number of ether oxygens (including phenoxy) is 1. The van der Waals surface area contributed by atoms with E-state index in [4.69, 9.17) is 4.74 Å². The van der Waals surface area contributed by atoms with Crippen LogP contribution in [0.4, 0.5) is 13.2 Å². The topological polar surface area (TPSA) is 91.7 Å². The van der Waals surface area contributed by atoms with Gasteiger partial charge < -0.3 is 20.3 Å². The van der Waals surface area contributed by atoms with Crippen molar-refractivity contribution < 1.29 is 32.9 Å². The smallest absolute Gasteiger partial charge is 0.244 e. The number of aliphatic hydroxyl groups is 2. The molecule has 1 heterocycles. The summed E-state index contributed by atoms with van der Waals surface area (Å²) in [6.45, 7) is 0. The van der Waals surface area contributed by atoms with E-state index in [1.165, 1.54) is 25.4 Å². The van der Waals surface area contributed by atoms with Crippen molar-refractivity contribution in [1.29, 1.82) is 0 Å². The molecule has 190 valence electrons. The number of aliphatic hydroxyl groups excluding tert-OH is 2. The fourth-order valence-electron chi connectivity index (χ4n) is 4.69. The van der Waals surface area contributed by atoms with E-state index in [9.17, 15) is 28.2 Å². The van der Waals surface area contributed by atoms with Gasteiger partial charge in [-0.25, -0.2) is 13.2 Å². The Labute approximate surface area is 206 Å². The lowest BCUT2D eigenvalue weighted by Gasteiger charge is -2.34. The molecular formula is C27H27F3N2O4. The Kier molecular flexibility index (Phi) is 7.91. The Bertz CT molecular complexity index is 1280. The van der Waals surface area contributed by atoms with Gasteiger partial charge in [-0.3, -0.25) is 9.78 Å². The van der Waals surface area contributed by atoms with Crippen LogP contribution in [-0.4, -0.2) is 40.4 Å². The molecule has 36 heavy (non-hydrogen) atoms. The summed E-state index contributed by atoms with van der Waals surface area (Å²) in [7, 11) is 1.41. The van der Waals surface area contributed by atoms with Gasteiger partial charge in [-0.05, 0) is 73.6 Å². The van der Waals surface area contributed by atoms with Crippen LogP contribution in [0.15, 0.2) is 48.7 Å². The first-order valence-corrected chi connectivity index (χ1v) is 11.7. The molecule has 6 nitrogen and oxygen atoms in total. The summed E-state index contributed by atoms with van der Waals surface area (Å²) in [5.74, 6) is -2.19. The van der Waals surface area contributed by atoms with Crippen LogP contribution in [0.5, 0.6) is 5.75 Å². The number of carbonyl (C=O) groups excluding carboxylic acids is 1. The first-order valence-electron chi connectivity index (χ1n) is 11.7. The molecular weight excluding hydrogens is 473 g/mol. The van der Waals surface area contributed by atoms with E-state index in [1.807, 2.05) is 0 Å². The summed E-state index contributed by atoms with van der Waals surface area (Å²) in [5, 5.41) is 25.1. The molecule has 2 atom stereocenters. The highest BCUT2D eigenvalue weighted by atomic mass is 19.1. The van der Waals surface area contributed by atoms with Gasteiger partial charge in [-0.1, -0.05) is 0 Å². The maximum absolute atomic E-state index is 14.4. The summed E-state index contributed by atoms with van der Waals surface area (Å²) in [6, 6.07) is 7.19. The van der Waals surface area contributed by atoms with Gasteiger partial charge in [0.15, 0.2) is 5.82 Å². The minimum Gasteiger partial charge on any atom is -0.497 e. The van der Waals surface area contributed by atoms with E-state index >= 15 is 0 Å². The summed E-state index contributed by atoms with van der Waals surface area (Å²) in [6.07, 6.45) is 3.64. The third kappa shape index (κ3) is 5.68. The first kappa shape index (κ1) is 25.7. The minimum absolute atomic E-state index is 0.0212. The Morgan fingerprint density at radius 1 is 1.08 bits per heavy atom. The maximum Gasteiger partial charge on any atom is 0.244 e.